The Morgan fingerprint density at radius 2 is 2.00 bits per heavy atom. The number of carbonyl (C=O) groups excluding carboxylic acids is 1. The molecule has 3 rings (SSSR count). The molecule has 1 saturated carbocycles. The van der Waals surface area contributed by atoms with Crippen LogP contribution in [-0.4, -0.2) is 22.4 Å². The van der Waals surface area contributed by atoms with Crippen molar-refractivity contribution >= 4 is 5.91 Å². The number of rotatable bonds is 5. The molecule has 8 heteroatoms. The number of carbonyl (C=O) groups is 1. The largest absolute Gasteiger partial charge is 0.466 e. The summed E-state index contributed by atoms with van der Waals surface area (Å²) in [7, 11) is 0. The van der Waals surface area contributed by atoms with Gasteiger partial charge in [-0.25, -0.2) is 9.97 Å². The molecule has 0 unspecified atom stereocenters. The number of halogens is 3. The van der Waals surface area contributed by atoms with E-state index in [-0.39, 0.29) is 30.6 Å². The number of nitrogens with one attached hydrogen (secondary N) is 1. The van der Waals surface area contributed by atoms with Crippen LogP contribution in [-0.2, 0) is 12.6 Å². The minimum Gasteiger partial charge on any atom is -0.466 e. The second kappa shape index (κ2) is 6.50. The predicted octanol–water partition coefficient (Wildman–Crippen LogP) is 3.56. The smallest absolute Gasteiger partial charge is 0.433 e. The Balaban J connectivity index is 1.67. The number of aryl methyl sites for hydroxylation is 2. The number of amides is 1. The van der Waals surface area contributed by atoms with E-state index in [4.69, 9.17) is 4.42 Å². The fraction of sp³-hybridized carbons (Fsp3) is 0.471. The van der Waals surface area contributed by atoms with Gasteiger partial charge in [0.05, 0.1) is 5.56 Å². The van der Waals surface area contributed by atoms with E-state index in [9.17, 15) is 18.0 Å². The molecular formula is C17H18F3N3O2. The number of hydrogen-bond donors (Lipinski definition) is 1. The molecule has 1 aliphatic carbocycles. The van der Waals surface area contributed by atoms with Gasteiger partial charge in [-0.1, -0.05) is 0 Å². The lowest BCUT2D eigenvalue weighted by atomic mass is 10.2. The average Bonchev–Trinajstić information content (AvgIpc) is 3.31. The monoisotopic (exact) mass is 353 g/mol. The van der Waals surface area contributed by atoms with Crippen molar-refractivity contribution in [1.82, 2.24) is 15.3 Å². The second-order valence-electron chi connectivity index (χ2n) is 6.20. The summed E-state index contributed by atoms with van der Waals surface area (Å²) in [6.07, 6.45) is -2.67. The topological polar surface area (TPSA) is 68.0 Å². The first-order valence-corrected chi connectivity index (χ1v) is 8.04. The molecule has 1 amide bonds. The zero-order valence-corrected chi connectivity index (χ0v) is 13.9. The van der Waals surface area contributed by atoms with Crippen molar-refractivity contribution in [1.29, 1.82) is 0 Å². The zero-order valence-electron chi connectivity index (χ0n) is 13.9. The predicted molar refractivity (Wildman–Crippen MR) is 83.2 cm³/mol. The molecule has 0 saturated heterocycles. The van der Waals surface area contributed by atoms with Gasteiger partial charge >= 0.3 is 6.18 Å². The van der Waals surface area contributed by atoms with Gasteiger partial charge in [0.25, 0.3) is 5.91 Å². The van der Waals surface area contributed by atoms with E-state index in [2.05, 4.69) is 15.3 Å². The molecule has 2 aromatic rings. The lowest BCUT2D eigenvalue weighted by Gasteiger charge is -2.10. The average molecular weight is 353 g/mol. The van der Waals surface area contributed by atoms with Crippen LogP contribution in [0.3, 0.4) is 0 Å². The highest BCUT2D eigenvalue weighted by atomic mass is 19.4. The van der Waals surface area contributed by atoms with Crippen LogP contribution in [0.25, 0.3) is 0 Å². The van der Waals surface area contributed by atoms with Crippen molar-refractivity contribution in [3.63, 3.8) is 0 Å². The van der Waals surface area contributed by atoms with Gasteiger partial charge in [-0.3, -0.25) is 4.79 Å². The number of furan rings is 1. The molecule has 1 fully saturated rings. The van der Waals surface area contributed by atoms with Gasteiger partial charge < -0.3 is 9.73 Å². The van der Waals surface area contributed by atoms with Crippen LogP contribution in [0.2, 0.25) is 0 Å². The summed E-state index contributed by atoms with van der Waals surface area (Å²) in [6.45, 7) is 3.56. The lowest BCUT2D eigenvalue weighted by Crippen LogP contribution is -2.26. The highest BCUT2D eigenvalue weighted by Crippen LogP contribution is 2.40. The minimum atomic E-state index is -4.50. The van der Waals surface area contributed by atoms with Crippen LogP contribution in [0.5, 0.6) is 0 Å². The molecule has 0 spiro atoms. The van der Waals surface area contributed by atoms with Crippen LogP contribution < -0.4 is 5.32 Å². The summed E-state index contributed by atoms with van der Waals surface area (Å²) in [5.74, 6) is 0.981. The van der Waals surface area contributed by atoms with Gasteiger partial charge in [-0.2, -0.15) is 13.2 Å². The molecule has 25 heavy (non-hydrogen) atoms. The Kier molecular flexibility index (Phi) is 4.53. The third-order valence-electron chi connectivity index (χ3n) is 4.00. The van der Waals surface area contributed by atoms with Crippen LogP contribution in [0.1, 0.15) is 57.9 Å². The van der Waals surface area contributed by atoms with E-state index in [0.29, 0.717) is 22.8 Å². The number of hydrogen-bond acceptors (Lipinski definition) is 4. The maximum Gasteiger partial charge on any atom is 0.433 e. The molecule has 0 aliphatic heterocycles. The van der Waals surface area contributed by atoms with Crippen molar-refractivity contribution in [2.75, 3.05) is 6.54 Å². The van der Waals surface area contributed by atoms with Gasteiger partial charge in [0.1, 0.15) is 23.0 Å². The van der Waals surface area contributed by atoms with E-state index in [0.717, 1.165) is 18.9 Å². The summed E-state index contributed by atoms with van der Waals surface area (Å²) >= 11 is 0. The first-order chi connectivity index (χ1) is 11.7. The quantitative estimate of drug-likeness (QED) is 0.892. The third-order valence-corrected chi connectivity index (χ3v) is 4.00. The molecule has 0 aromatic carbocycles. The molecule has 2 heterocycles. The van der Waals surface area contributed by atoms with E-state index < -0.39 is 11.9 Å². The fourth-order valence-electron chi connectivity index (χ4n) is 2.60. The van der Waals surface area contributed by atoms with Crippen LogP contribution >= 0.6 is 0 Å². The summed E-state index contributed by atoms with van der Waals surface area (Å²) in [4.78, 5) is 19.9. The van der Waals surface area contributed by atoms with Crippen LogP contribution in [0, 0.1) is 13.8 Å². The Morgan fingerprint density at radius 3 is 2.56 bits per heavy atom. The lowest BCUT2D eigenvalue weighted by molar-refractivity contribution is -0.141. The first kappa shape index (κ1) is 17.4. The molecule has 1 aliphatic rings. The maximum absolute atomic E-state index is 13.0. The second-order valence-corrected chi connectivity index (χ2v) is 6.20. The van der Waals surface area contributed by atoms with Gasteiger partial charge in [0.2, 0.25) is 0 Å². The van der Waals surface area contributed by atoms with E-state index in [1.165, 1.54) is 0 Å². The Labute approximate surface area is 142 Å². The third kappa shape index (κ3) is 4.18. The molecule has 5 nitrogen and oxygen atoms in total. The van der Waals surface area contributed by atoms with Crippen molar-refractivity contribution in [2.24, 2.45) is 0 Å². The van der Waals surface area contributed by atoms with Gasteiger partial charge in [0.15, 0.2) is 0 Å². The molecule has 0 radical (unpaired) electrons. The van der Waals surface area contributed by atoms with Crippen LogP contribution in [0.15, 0.2) is 16.5 Å². The molecular weight excluding hydrogens is 335 g/mol. The summed E-state index contributed by atoms with van der Waals surface area (Å²) in [5, 5.41) is 2.66. The number of nitrogens with zero attached hydrogens (tertiary/aromatic N) is 2. The summed E-state index contributed by atoms with van der Waals surface area (Å²) in [6, 6.07) is 2.65. The maximum atomic E-state index is 13.0. The summed E-state index contributed by atoms with van der Waals surface area (Å²) < 4.78 is 44.2. The number of alkyl halides is 3. The normalized spacial score (nSPS) is 14.6. The Hall–Kier alpha value is -2.38. The highest BCUT2D eigenvalue weighted by molar-refractivity contribution is 5.95. The SMILES string of the molecule is Cc1cc(C(=O)NCCc2nc(C3CC3)cc(C(F)(F)F)n2)c(C)o1. The van der Waals surface area contributed by atoms with Gasteiger partial charge in [-0.05, 0) is 38.8 Å². The van der Waals surface area contributed by atoms with Gasteiger partial charge in [-0.15, -0.1) is 0 Å². The van der Waals surface area contributed by atoms with E-state index in [1.54, 1.807) is 19.9 Å². The van der Waals surface area contributed by atoms with Crippen molar-refractivity contribution in [2.45, 2.75) is 45.2 Å². The first-order valence-electron chi connectivity index (χ1n) is 8.04. The fourth-order valence-corrected chi connectivity index (χ4v) is 2.60. The van der Waals surface area contributed by atoms with E-state index in [1.807, 2.05) is 0 Å². The van der Waals surface area contributed by atoms with E-state index >= 15 is 0 Å². The molecule has 1 N–H and O–H groups in total. The summed E-state index contributed by atoms with van der Waals surface area (Å²) in [5.41, 5.74) is -0.0712. The Morgan fingerprint density at radius 1 is 1.28 bits per heavy atom. The standard InChI is InChI=1S/C17H18F3N3O2/c1-9-7-12(10(2)25-9)16(24)21-6-5-15-22-13(11-3-4-11)8-14(23-15)17(18,19)20/h7-8,11H,3-6H2,1-2H3,(H,21,24). The Bertz CT molecular complexity index is 795. The van der Waals surface area contributed by atoms with Crippen molar-refractivity contribution in [3.05, 3.63) is 46.4 Å². The molecule has 134 valence electrons. The highest BCUT2D eigenvalue weighted by Gasteiger charge is 2.35. The molecule has 2 aromatic heterocycles. The number of aromatic nitrogens is 2. The van der Waals surface area contributed by atoms with Crippen LogP contribution in [0.4, 0.5) is 13.2 Å². The molecule has 0 bridgehead atoms. The zero-order chi connectivity index (χ0) is 18.2. The van der Waals surface area contributed by atoms with Gasteiger partial charge in [0, 0.05) is 24.6 Å². The minimum absolute atomic E-state index is 0.0917. The van der Waals surface area contributed by atoms with Crippen molar-refractivity contribution in [3.8, 4) is 0 Å². The van der Waals surface area contributed by atoms with Crippen molar-refractivity contribution < 1.29 is 22.4 Å². The molecule has 0 atom stereocenters.